The second kappa shape index (κ2) is 7.17. The van der Waals surface area contributed by atoms with E-state index in [4.69, 9.17) is 4.74 Å². The first-order chi connectivity index (χ1) is 8.52. The van der Waals surface area contributed by atoms with Crippen LogP contribution >= 0.6 is 0 Å². The molecule has 0 bridgehead atoms. The van der Waals surface area contributed by atoms with Crippen molar-refractivity contribution >= 4 is 0 Å². The van der Waals surface area contributed by atoms with Crippen LogP contribution in [0, 0.1) is 11.7 Å². The second-order valence-corrected chi connectivity index (χ2v) is 4.84. The zero-order valence-corrected chi connectivity index (χ0v) is 11.4. The van der Waals surface area contributed by atoms with Crippen LogP contribution in [-0.2, 0) is 6.54 Å². The molecule has 1 unspecified atom stereocenters. The average Bonchev–Trinajstić information content (AvgIpc) is 2.31. The Hall–Kier alpha value is -1.35. The molecule has 0 saturated heterocycles. The molecule has 0 spiro atoms. The Balaban J connectivity index is 2.73. The van der Waals surface area contributed by atoms with Crippen LogP contribution in [-0.4, -0.2) is 12.6 Å². The molecule has 0 aromatic heterocycles. The first-order valence-corrected chi connectivity index (χ1v) is 6.31. The van der Waals surface area contributed by atoms with Crippen LogP contribution in [0.5, 0.6) is 5.75 Å². The maximum absolute atomic E-state index is 13.2. The molecule has 0 aliphatic rings. The predicted octanol–water partition coefficient (Wildman–Crippen LogP) is 3.52. The molecule has 0 heterocycles. The van der Waals surface area contributed by atoms with E-state index >= 15 is 0 Å². The Morgan fingerprint density at radius 2 is 2.11 bits per heavy atom. The highest BCUT2D eigenvalue weighted by Gasteiger charge is 2.08. The van der Waals surface area contributed by atoms with Gasteiger partial charge in [-0.15, -0.1) is 0 Å². The largest absolute Gasteiger partial charge is 0.486 e. The Kier molecular flexibility index (Phi) is 5.86. The van der Waals surface area contributed by atoms with Gasteiger partial charge in [0.25, 0.3) is 0 Å². The Morgan fingerprint density at radius 1 is 1.39 bits per heavy atom. The van der Waals surface area contributed by atoms with Gasteiger partial charge in [0.2, 0.25) is 0 Å². The normalized spacial score (nSPS) is 12.5. The number of benzene rings is 1. The topological polar surface area (TPSA) is 21.3 Å². The van der Waals surface area contributed by atoms with Crippen molar-refractivity contribution in [3.63, 3.8) is 0 Å². The van der Waals surface area contributed by atoms with Crippen molar-refractivity contribution in [2.75, 3.05) is 6.54 Å². The lowest BCUT2D eigenvalue weighted by atomic mass is 10.1. The van der Waals surface area contributed by atoms with Gasteiger partial charge in [-0.05, 0) is 37.6 Å². The maximum atomic E-state index is 13.2. The quantitative estimate of drug-likeness (QED) is 0.749. The van der Waals surface area contributed by atoms with Crippen molar-refractivity contribution in [3.8, 4) is 5.75 Å². The fraction of sp³-hybridized carbons (Fsp3) is 0.467. The summed E-state index contributed by atoms with van der Waals surface area (Å²) < 4.78 is 18.9. The van der Waals surface area contributed by atoms with Gasteiger partial charge in [-0.25, -0.2) is 4.39 Å². The molecule has 1 N–H and O–H groups in total. The van der Waals surface area contributed by atoms with E-state index in [0.717, 1.165) is 12.1 Å². The Labute approximate surface area is 109 Å². The molecule has 3 heteroatoms. The van der Waals surface area contributed by atoms with Crippen molar-refractivity contribution in [2.24, 2.45) is 5.92 Å². The van der Waals surface area contributed by atoms with Crippen molar-refractivity contribution in [1.82, 2.24) is 5.32 Å². The summed E-state index contributed by atoms with van der Waals surface area (Å²) in [6.45, 7) is 11.4. The van der Waals surface area contributed by atoms with Gasteiger partial charge in [0.15, 0.2) is 0 Å². The molecule has 18 heavy (non-hydrogen) atoms. The van der Waals surface area contributed by atoms with E-state index < -0.39 is 0 Å². The summed E-state index contributed by atoms with van der Waals surface area (Å²) in [5, 5.41) is 3.29. The molecule has 1 aromatic rings. The minimum absolute atomic E-state index is 0.0840. The summed E-state index contributed by atoms with van der Waals surface area (Å²) in [5.74, 6) is 1.03. The monoisotopic (exact) mass is 251 g/mol. The van der Waals surface area contributed by atoms with E-state index in [9.17, 15) is 4.39 Å². The van der Waals surface area contributed by atoms with Gasteiger partial charge in [-0.2, -0.15) is 0 Å². The van der Waals surface area contributed by atoms with Crippen LogP contribution < -0.4 is 10.1 Å². The zero-order chi connectivity index (χ0) is 13.5. The molecule has 0 radical (unpaired) electrons. The van der Waals surface area contributed by atoms with Gasteiger partial charge < -0.3 is 10.1 Å². The van der Waals surface area contributed by atoms with Crippen molar-refractivity contribution in [2.45, 2.75) is 33.4 Å². The second-order valence-electron chi connectivity index (χ2n) is 4.84. The third-order valence-electron chi connectivity index (χ3n) is 2.54. The van der Waals surface area contributed by atoms with E-state index in [1.165, 1.54) is 12.1 Å². The van der Waals surface area contributed by atoms with Gasteiger partial charge in [-0.3, -0.25) is 0 Å². The minimum Gasteiger partial charge on any atom is -0.486 e. The highest BCUT2D eigenvalue weighted by Crippen LogP contribution is 2.21. The van der Waals surface area contributed by atoms with Crippen molar-refractivity contribution in [3.05, 3.63) is 42.2 Å². The third kappa shape index (κ3) is 4.88. The highest BCUT2D eigenvalue weighted by molar-refractivity contribution is 5.34. The molecule has 0 amide bonds. The molecule has 2 nitrogen and oxygen atoms in total. The fourth-order valence-corrected chi connectivity index (χ4v) is 1.55. The molecule has 0 fully saturated rings. The number of hydrogen-bond acceptors (Lipinski definition) is 2. The Morgan fingerprint density at radius 3 is 2.72 bits per heavy atom. The van der Waals surface area contributed by atoms with E-state index in [-0.39, 0.29) is 11.9 Å². The van der Waals surface area contributed by atoms with Gasteiger partial charge >= 0.3 is 0 Å². The predicted molar refractivity (Wildman–Crippen MR) is 73.2 cm³/mol. The molecule has 1 aromatic carbocycles. The summed E-state index contributed by atoms with van der Waals surface area (Å²) >= 11 is 0. The molecular weight excluding hydrogens is 229 g/mol. The van der Waals surface area contributed by atoms with Gasteiger partial charge in [0, 0.05) is 12.1 Å². The Bertz CT molecular complexity index is 390. The zero-order valence-electron chi connectivity index (χ0n) is 11.4. The minimum atomic E-state index is -0.241. The van der Waals surface area contributed by atoms with E-state index in [1.54, 1.807) is 12.1 Å². The third-order valence-corrected chi connectivity index (χ3v) is 2.54. The molecule has 1 atom stereocenters. The summed E-state index contributed by atoms with van der Waals surface area (Å²) in [6.07, 6.45) is 1.63. The van der Waals surface area contributed by atoms with Crippen molar-refractivity contribution < 1.29 is 9.13 Å². The van der Waals surface area contributed by atoms with Gasteiger partial charge in [-0.1, -0.05) is 26.5 Å². The molecular formula is C15H22FNO. The van der Waals surface area contributed by atoms with Crippen LogP contribution in [0.1, 0.15) is 26.3 Å². The number of halogens is 1. The maximum Gasteiger partial charge on any atom is 0.124 e. The number of rotatable bonds is 7. The lowest BCUT2D eigenvalue weighted by Gasteiger charge is -2.16. The SMILES string of the molecule is C=CC(C)Oc1ccc(F)cc1CNCC(C)C. The van der Waals surface area contributed by atoms with Gasteiger partial charge in [0.1, 0.15) is 17.7 Å². The summed E-state index contributed by atoms with van der Waals surface area (Å²) in [7, 11) is 0. The average molecular weight is 251 g/mol. The molecule has 0 aliphatic heterocycles. The van der Waals surface area contributed by atoms with Gasteiger partial charge in [0.05, 0.1) is 0 Å². The molecule has 0 aliphatic carbocycles. The molecule has 1 rings (SSSR count). The van der Waals surface area contributed by atoms with Crippen LogP contribution in [0.25, 0.3) is 0 Å². The van der Waals surface area contributed by atoms with E-state index in [0.29, 0.717) is 18.2 Å². The number of hydrogen-bond donors (Lipinski definition) is 1. The van der Waals surface area contributed by atoms with Crippen LogP contribution in [0.2, 0.25) is 0 Å². The van der Waals surface area contributed by atoms with E-state index in [2.05, 4.69) is 25.7 Å². The standard InChI is InChI=1S/C15H22FNO/c1-5-12(4)18-15-7-6-14(16)8-13(15)10-17-9-11(2)3/h5-8,11-12,17H,1,9-10H2,2-4H3. The number of ether oxygens (including phenoxy) is 1. The highest BCUT2D eigenvalue weighted by atomic mass is 19.1. The lowest BCUT2D eigenvalue weighted by molar-refractivity contribution is 0.266. The van der Waals surface area contributed by atoms with Crippen molar-refractivity contribution in [1.29, 1.82) is 0 Å². The first-order valence-electron chi connectivity index (χ1n) is 6.31. The van der Waals surface area contributed by atoms with Crippen LogP contribution in [0.4, 0.5) is 4.39 Å². The fourth-order valence-electron chi connectivity index (χ4n) is 1.55. The summed E-state index contributed by atoms with van der Waals surface area (Å²) in [6, 6.07) is 4.59. The smallest absolute Gasteiger partial charge is 0.124 e. The molecule has 100 valence electrons. The first kappa shape index (κ1) is 14.7. The summed E-state index contributed by atoms with van der Waals surface area (Å²) in [5.41, 5.74) is 0.837. The summed E-state index contributed by atoms with van der Waals surface area (Å²) in [4.78, 5) is 0. The van der Waals surface area contributed by atoms with E-state index in [1.807, 2.05) is 6.92 Å². The van der Waals surface area contributed by atoms with Crippen LogP contribution in [0.15, 0.2) is 30.9 Å². The molecule has 0 saturated carbocycles. The number of nitrogens with one attached hydrogen (secondary N) is 1. The van der Waals surface area contributed by atoms with Crippen LogP contribution in [0.3, 0.4) is 0 Å². The lowest BCUT2D eigenvalue weighted by Crippen LogP contribution is -2.20.